The Morgan fingerprint density at radius 3 is 3.15 bits per heavy atom. The van der Waals surface area contributed by atoms with Gasteiger partial charge in [0.2, 0.25) is 0 Å². The van der Waals surface area contributed by atoms with E-state index in [-0.39, 0.29) is 6.04 Å². The molecular formula is C9H12N4. The SMILES string of the molecule is NCC(N)c1cnc2cc[nH]c2c1. The maximum absolute atomic E-state index is 5.78. The molecule has 0 amide bonds. The lowest BCUT2D eigenvalue weighted by atomic mass is 10.1. The summed E-state index contributed by atoms with van der Waals surface area (Å²) in [6, 6.07) is 3.78. The third-order valence-corrected chi connectivity index (χ3v) is 2.10. The number of rotatable bonds is 2. The fourth-order valence-corrected chi connectivity index (χ4v) is 1.29. The number of hydrogen-bond acceptors (Lipinski definition) is 3. The van der Waals surface area contributed by atoms with Crippen molar-refractivity contribution < 1.29 is 0 Å². The van der Waals surface area contributed by atoms with Gasteiger partial charge in [-0.2, -0.15) is 0 Å². The van der Waals surface area contributed by atoms with Crippen molar-refractivity contribution in [3.8, 4) is 0 Å². The molecule has 0 saturated heterocycles. The normalized spacial score (nSPS) is 13.4. The summed E-state index contributed by atoms with van der Waals surface area (Å²) in [7, 11) is 0. The molecule has 2 heterocycles. The summed E-state index contributed by atoms with van der Waals surface area (Å²) < 4.78 is 0. The van der Waals surface area contributed by atoms with Crippen molar-refractivity contribution in [1.29, 1.82) is 0 Å². The van der Waals surface area contributed by atoms with Crippen LogP contribution in [0.25, 0.3) is 11.0 Å². The van der Waals surface area contributed by atoms with Crippen molar-refractivity contribution in [1.82, 2.24) is 9.97 Å². The zero-order chi connectivity index (χ0) is 9.26. The molecule has 0 radical (unpaired) electrons. The quantitative estimate of drug-likeness (QED) is 0.624. The summed E-state index contributed by atoms with van der Waals surface area (Å²) in [6.07, 6.45) is 3.63. The first-order valence-electron chi connectivity index (χ1n) is 4.20. The second-order valence-corrected chi connectivity index (χ2v) is 3.02. The summed E-state index contributed by atoms with van der Waals surface area (Å²) in [5.41, 5.74) is 14.2. The number of H-pyrrole nitrogens is 1. The van der Waals surface area contributed by atoms with Crippen molar-refractivity contribution in [2.75, 3.05) is 6.54 Å². The predicted octanol–water partition coefficient (Wildman–Crippen LogP) is 0.521. The van der Waals surface area contributed by atoms with Crippen molar-refractivity contribution in [2.45, 2.75) is 6.04 Å². The lowest BCUT2D eigenvalue weighted by Gasteiger charge is -2.07. The number of aromatic nitrogens is 2. The zero-order valence-corrected chi connectivity index (χ0v) is 7.20. The Morgan fingerprint density at radius 1 is 1.54 bits per heavy atom. The molecule has 2 aromatic rings. The third-order valence-electron chi connectivity index (χ3n) is 2.10. The van der Waals surface area contributed by atoms with Crippen LogP contribution in [0.2, 0.25) is 0 Å². The van der Waals surface area contributed by atoms with Crippen LogP contribution in [-0.2, 0) is 0 Å². The van der Waals surface area contributed by atoms with Gasteiger partial charge in [-0.15, -0.1) is 0 Å². The average molecular weight is 176 g/mol. The molecule has 0 aliphatic carbocycles. The molecule has 1 unspecified atom stereocenters. The van der Waals surface area contributed by atoms with Crippen LogP contribution in [0.5, 0.6) is 0 Å². The average Bonchev–Trinajstić information content (AvgIpc) is 2.63. The first kappa shape index (κ1) is 8.22. The van der Waals surface area contributed by atoms with Gasteiger partial charge >= 0.3 is 0 Å². The van der Waals surface area contributed by atoms with Crippen molar-refractivity contribution in [3.63, 3.8) is 0 Å². The molecule has 0 aliphatic heterocycles. The summed E-state index contributed by atoms with van der Waals surface area (Å²) in [4.78, 5) is 7.32. The molecule has 0 aromatic carbocycles. The van der Waals surface area contributed by atoms with Crippen LogP contribution in [0.15, 0.2) is 24.5 Å². The molecule has 1 atom stereocenters. The van der Waals surface area contributed by atoms with Gasteiger partial charge in [0.1, 0.15) is 0 Å². The summed E-state index contributed by atoms with van der Waals surface area (Å²) in [6.45, 7) is 0.438. The lowest BCUT2D eigenvalue weighted by Crippen LogP contribution is -2.20. The molecular weight excluding hydrogens is 164 g/mol. The minimum Gasteiger partial charge on any atom is -0.360 e. The predicted molar refractivity (Wildman–Crippen MR) is 52.1 cm³/mol. The van der Waals surface area contributed by atoms with Gasteiger partial charge in [0.05, 0.1) is 11.0 Å². The standard InChI is InChI=1S/C9H12N4/c10-4-7(11)6-3-9-8(13-5-6)1-2-12-9/h1-3,5,7,12H,4,10-11H2. The summed E-state index contributed by atoms with van der Waals surface area (Å²) >= 11 is 0. The molecule has 0 saturated carbocycles. The smallest absolute Gasteiger partial charge is 0.0878 e. The lowest BCUT2D eigenvalue weighted by molar-refractivity contribution is 0.735. The second-order valence-electron chi connectivity index (χ2n) is 3.02. The van der Waals surface area contributed by atoms with E-state index in [1.807, 2.05) is 18.3 Å². The van der Waals surface area contributed by atoms with Crippen molar-refractivity contribution >= 4 is 11.0 Å². The van der Waals surface area contributed by atoms with Crippen LogP contribution in [0.1, 0.15) is 11.6 Å². The molecule has 2 aromatic heterocycles. The van der Waals surface area contributed by atoms with Crippen LogP contribution < -0.4 is 11.5 Å². The molecule has 4 heteroatoms. The van der Waals surface area contributed by atoms with E-state index >= 15 is 0 Å². The minimum atomic E-state index is -0.125. The van der Waals surface area contributed by atoms with Gasteiger partial charge in [-0.3, -0.25) is 4.98 Å². The first-order valence-corrected chi connectivity index (χ1v) is 4.20. The second kappa shape index (κ2) is 3.16. The molecule has 0 fully saturated rings. The minimum absolute atomic E-state index is 0.125. The monoisotopic (exact) mass is 176 g/mol. The Morgan fingerprint density at radius 2 is 2.38 bits per heavy atom. The molecule has 0 spiro atoms. The number of nitrogens with two attached hydrogens (primary N) is 2. The largest absolute Gasteiger partial charge is 0.360 e. The molecule has 13 heavy (non-hydrogen) atoms. The highest BCUT2D eigenvalue weighted by Gasteiger charge is 2.05. The van der Waals surface area contributed by atoms with Gasteiger partial charge in [0, 0.05) is 25.0 Å². The molecule has 0 bridgehead atoms. The van der Waals surface area contributed by atoms with Gasteiger partial charge in [-0.05, 0) is 17.7 Å². The van der Waals surface area contributed by atoms with Crippen molar-refractivity contribution in [3.05, 3.63) is 30.1 Å². The Labute approximate surface area is 76.0 Å². The number of hydrogen-bond donors (Lipinski definition) is 3. The van der Waals surface area contributed by atoms with E-state index in [1.54, 1.807) is 6.20 Å². The fourth-order valence-electron chi connectivity index (χ4n) is 1.29. The highest BCUT2D eigenvalue weighted by molar-refractivity contribution is 5.75. The van der Waals surface area contributed by atoms with E-state index in [9.17, 15) is 0 Å². The van der Waals surface area contributed by atoms with Crippen molar-refractivity contribution in [2.24, 2.45) is 11.5 Å². The van der Waals surface area contributed by atoms with Gasteiger partial charge in [-0.1, -0.05) is 0 Å². The van der Waals surface area contributed by atoms with Crippen LogP contribution >= 0.6 is 0 Å². The first-order chi connectivity index (χ1) is 6.31. The highest BCUT2D eigenvalue weighted by Crippen LogP contribution is 2.14. The molecule has 68 valence electrons. The van der Waals surface area contributed by atoms with Crippen LogP contribution in [0, 0.1) is 0 Å². The maximum atomic E-state index is 5.78. The third kappa shape index (κ3) is 1.41. The topological polar surface area (TPSA) is 80.7 Å². The summed E-state index contributed by atoms with van der Waals surface area (Å²) in [5, 5.41) is 0. The van der Waals surface area contributed by atoms with Gasteiger partial charge in [0.15, 0.2) is 0 Å². The number of nitrogens with one attached hydrogen (secondary N) is 1. The van der Waals surface area contributed by atoms with Crippen LogP contribution in [-0.4, -0.2) is 16.5 Å². The Balaban J connectivity index is 2.48. The van der Waals surface area contributed by atoms with Gasteiger partial charge < -0.3 is 16.5 Å². The Hall–Kier alpha value is -1.39. The molecule has 0 aliphatic rings. The maximum Gasteiger partial charge on any atom is 0.0878 e. The van der Waals surface area contributed by atoms with Crippen LogP contribution in [0.3, 0.4) is 0 Å². The highest BCUT2D eigenvalue weighted by atomic mass is 14.8. The van der Waals surface area contributed by atoms with E-state index in [2.05, 4.69) is 9.97 Å². The molecule has 5 N–H and O–H groups in total. The van der Waals surface area contributed by atoms with Gasteiger partial charge in [-0.25, -0.2) is 0 Å². The number of aromatic amines is 1. The Bertz CT molecular complexity index is 407. The zero-order valence-electron chi connectivity index (χ0n) is 7.20. The number of pyridine rings is 1. The van der Waals surface area contributed by atoms with E-state index < -0.39 is 0 Å². The van der Waals surface area contributed by atoms with E-state index in [1.165, 1.54) is 0 Å². The molecule has 4 nitrogen and oxygen atoms in total. The molecule has 2 rings (SSSR count). The Kier molecular flexibility index (Phi) is 2.00. The fraction of sp³-hybridized carbons (Fsp3) is 0.222. The van der Waals surface area contributed by atoms with Gasteiger partial charge in [0.25, 0.3) is 0 Å². The van der Waals surface area contributed by atoms with E-state index in [0.717, 1.165) is 16.6 Å². The van der Waals surface area contributed by atoms with E-state index in [0.29, 0.717) is 6.54 Å². The number of nitrogens with zero attached hydrogens (tertiary/aromatic N) is 1. The van der Waals surface area contributed by atoms with E-state index in [4.69, 9.17) is 11.5 Å². The van der Waals surface area contributed by atoms with Crippen LogP contribution in [0.4, 0.5) is 0 Å². The number of fused-ring (bicyclic) bond motifs is 1. The summed E-state index contributed by atoms with van der Waals surface area (Å²) in [5.74, 6) is 0.